The molecule has 12 heteroatoms. The van der Waals surface area contributed by atoms with Gasteiger partial charge in [-0.2, -0.15) is 0 Å². The summed E-state index contributed by atoms with van der Waals surface area (Å²) in [6.45, 7) is 19.3. The van der Waals surface area contributed by atoms with Crippen molar-refractivity contribution < 1.29 is 60.0 Å². The molecule has 31 heavy (non-hydrogen) atoms. The quantitative estimate of drug-likeness (QED) is 0.211. The Kier molecular flexibility index (Phi) is 24.7. The normalized spacial score (nSPS) is 8.71. The Hall–Kier alpha value is -3.32. The van der Waals surface area contributed by atoms with E-state index < -0.39 is 36.0 Å². The molecule has 0 saturated carbocycles. The van der Waals surface area contributed by atoms with Crippen LogP contribution < -0.4 is 0 Å². The van der Waals surface area contributed by atoms with E-state index in [4.69, 9.17) is 40.9 Å². The fourth-order valence-corrected chi connectivity index (χ4v) is 0. The molecular formula is C19H32O12. The van der Waals surface area contributed by atoms with Crippen molar-refractivity contribution in [2.75, 3.05) is 0 Å². The molecule has 0 aliphatic rings. The number of carbonyl (C=O) groups is 4. The van der Waals surface area contributed by atoms with E-state index in [1.54, 1.807) is 0 Å². The fraction of sp³-hybridized carbons (Fsp3) is 0.368. The molecule has 180 valence electrons. The summed E-state index contributed by atoms with van der Waals surface area (Å²) in [7, 11) is 0. The summed E-state index contributed by atoms with van der Waals surface area (Å²) in [5.74, 6) is -6.13. The molecule has 0 saturated heterocycles. The molecule has 0 heterocycles. The second-order valence-corrected chi connectivity index (χ2v) is 5.81. The first-order valence-corrected chi connectivity index (χ1v) is 7.88. The van der Waals surface area contributed by atoms with Gasteiger partial charge in [-0.1, -0.05) is 26.3 Å². The minimum absolute atomic E-state index is 0.176. The summed E-state index contributed by atoms with van der Waals surface area (Å²) >= 11 is 0. The van der Waals surface area contributed by atoms with Crippen LogP contribution in [0.4, 0.5) is 0 Å². The molecular weight excluding hydrogens is 420 g/mol. The number of aliphatic hydroxyl groups excluding tert-OH is 1. The van der Waals surface area contributed by atoms with Crippen molar-refractivity contribution in [3.63, 3.8) is 0 Å². The van der Waals surface area contributed by atoms with Gasteiger partial charge >= 0.3 is 23.9 Å². The summed E-state index contributed by atoms with van der Waals surface area (Å²) in [6.07, 6.45) is -2.09. The lowest BCUT2D eigenvalue weighted by molar-refractivity contribution is -0.278. The molecule has 0 atom stereocenters. The van der Waals surface area contributed by atoms with Crippen LogP contribution in [-0.4, -0.2) is 76.8 Å². The maximum atomic E-state index is 9.60. The van der Waals surface area contributed by atoms with Gasteiger partial charge in [-0.3, -0.25) is 0 Å². The highest BCUT2D eigenvalue weighted by Gasteiger charge is 2.23. The highest BCUT2D eigenvalue weighted by Crippen LogP contribution is 1.99. The smallest absolute Gasteiger partial charge is 0.330 e. The van der Waals surface area contributed by atoms with Crippen LogP contribution in [-0.2, 0) is 19.2 Å². The third kappa shape index (κ3) is 46.6. The topological polar surface area (TPSA) is 230 Å². The molecule has 0 aliphatic heterocycles. The Bertz CT molecular complexity index is 507. The number of rotatable bonds is 5. The standard InChI is InChI=1S/4C4H6O2.C3H8O4/c4*1-3(2)4(5)6;1-3(6,7)2(4)5/h4*1H2,2H3,(H,5,6);2,4-7H,1H3. The summed E-state index contributed by atoms with van der Waals surface area (Å²) < 4.78 is 0. The summed E-state index contributed by atoms with van der Waals surface area (Å²) in [5, 5.41) is 63.8. The van der Waals surface area contributed by atoms with Crippen molar-refractivity contribution in [1.29, 1.82) is 0 Å². The van der Waals surface area contributed by atoms with Gasteiger partial charge in [0.2, 0.25) is 12.1 Å². The van der Waals surface area contributed by atoms with E-state index in [2.05, 4.69) is 26.3 Å². The lowest BCUT2D eigenvalue weighted by atomic mass is 10.3. The van der Waals surface area contributed by atoms with Crippen LogP contribution in [0.3, 0.4) is 0 Å². The molecule has 0 aromatic carbocycles. The van der Waals surface area contributed by atoms with Crippen molar-refractivity contribution in [3.8, 4) is 0 Å². The lowest BCUT2D eigenvalue weighted by Crippen LogP contribution is -2.38. The number of carboxylic acid groups (broad SMARTS) is 4. The second-order valence-electron chi connectivity index (χ2n) is 5.81. The molecule has 0 aromatic rings. The van der Waals surface area contributed by atoms with E-state index in [9.17, 15) is 19.2 Å². The average Bonchev–Trinajstić information content (AvgIpc) is 2.55. The van der Waals surface area contributed by atoms with Gasteiger partial charge in [-0.05, 0) is 34.6 Å². The number of aliphatic hydroxyl groups is 4. The van der Waals surface area contributed by atoms with E-state index in [-0.39, 0.29) is 22.3 Å². The van der Waals surface area contributed by atoms with E-state index in [1.165, 1.54) is 27.7 Å². The zero-order valence-corrected chi connectivity index (χ0v) is 18.1. The van der Waals surface area contributed by atoms with E-state index >= 15 is 0 Å². The van der Waals surface area contributed by atoms with Gasteiger partial charge < -0.3 is 40.9 Å². The van der Waals surface area contributed by atoms with Crippen LogP contribution in [0.15, 0.2) is 48.6 Å². The first kappa shape index (κ1) is 38.3. The van der Waals surface area contributed by atoms with Crippen molar-refractivity contribution >= 4 is 23.9 Å². The molecule has 0 amide bonds. The lowest BCUT2D eigenvalue weighted by Gasteiger charge is -2.16. The minimum atomic E-state index is -2.39. The molecule has 0 spiro atoms. The van der Waals surface area contributed by atoms with Crippen LogP contribution in [0.25, 0.3) is 0 Å². The molecule has 0 radical (unpaired) electrons. The minimum Gasteiger partial charge on any atom is -0.478 e. The fourth-order valence-electron chi connectivity index (χ4n) is 0. The van der Waals surface area contributed by atoms with Crippen LogP contribution in [0.1, 0.15) is 34.6 Å². The first-order chi connectivity index (χ1) is 13.5. The van der Waals surface area contributed by atoms with Gasteiger partial charge in [-0.25, -0.2) is 19.2 Å². The first-order valence-electron chi connectivity index (χ1n) is 7.88. The second kappa shape index (κ2) is 20.0. The van der Waals surface area contributed by atoms with E-state index in [0.29, 0.717) is 0 Å². The average molecular weight is 452 g/mol. The third-order valence-corrected chi connectivity index (χ3v) is 1.95. The Labute approximate surface area is 180 Å². The predicted molar refractivity (Wildman–Crippen MR) is 111 cm³/mol. The van der Waals surface area contributed by atoms with E-state index in [0.717, 1.165) is 6.92 Å². The maximum absolute atomic E-state index is 9.60. The molecule has 12 nitrogen and oxygen atoms in total. The molecule has 8 N–H and O–H groups in total. The number of hydrogen-bond donors (Lipinski definition) is 8. The molecule has 0 bridgehead atoms. The van der Waals surface area contributed by atoms with Crippen molar-refractivity contribution in [2.24, 2.45) is 0 Å². The van der Waals surface area contributed by atoms with Crippen LogP contribution in [0.5, 0.6) is 0 Å². The van der Waals surface area contributed by atoms with Crippen LogP contribution in [0.2, 0.25) is 0 Å². The Morgan fingerprint density at radius 2 is 0.645 bits per heavy atom. The Balaban J connectivity index is -0.0000000910. The van der Waals surface area contributed by atoms with Gasteiger partial charge in [-0.15, -0.1) is 0 Å². The number of aliphatic carboxylic acids is 4. The maximum Gasteiger partial charge on any atom is 0.330 e. The van der Waals surface area contributed by atoms with Crippen molar-refractivity contribution in [2.45, 2.75) is 46.7 Å². The highest BCUT2D eigenvalue weighted by molar-refractivity contribution is 5.85. The Morgan fingerprint density at radius 3 is 0.645 bits per heavy atom. The molecule has 0 aromatic heterocycles. The molecule has 0 rings (SSSR count). The van der Waals surface area contributed by atoms with Crippen molar-refractivity contribution in [3.05, 3.63) is 48.6 Å². The largest absolute Gasteiger partial charge is 0.478 e. The van der Waals surface area contributed by atoms with Gasteiger partial charge in [0.25, 0.3) is 0 Å². The zero-order chi connectivity index (χ0) is 26.7. The zero-order valence-electron chi connectivity index (χ0n) is 18.1. The van der Waals surface area contributed by atoms with Crippen LogP contribution in [0, 0.1) is 0 Å². The van der Waals surface area contributed by atoms with Crippen molar-refractivity contribution in [1.82, 2.24) is 0 Å². The summed E-state index contributed by atoms with van der Waals surface area (Å²) in [4.78, 5) is 38.4. The highest BCUT2D eigenvalue weighted by atomic mass is 16.6. The molecule has 0 aliphatic carbocycles. The third-order valence-electron chi connectivity index (χ3n) is 1.95. The predicted octanol–water partition coefficient (Wildman–Crippen LogP) is 0.586. The van der Waals surface area contributed by atoms with E-state index in [1.807, 2.05) is 0 Å². The summed E-state index contributed by atoms with van der Waals surface area (Å²) in [5.41, 5.74) is 0.704. The Morgan fingerprint density at radius 1 is 0.581 bits per heavy atom. The molecule has 0 fully saturated rings. The monoisotopic (exact) mass is 452 g/mol. The summed E-state index contributed by atoms with van der Waals surface area (Å²) in [6, 6.07) is 0. The number of hydrogen-bond acceptors (Lipinski definition) is 8. The SMILES string of the molecule is C=C(C)C(=O)O.C=C(C)C(=O)O.C=C(C)C(=O)O.C=C(C)C(=O)O.CC(O)(O)C(O)O. The van der Waals surface area contributed by atoms with Gasteiger partial charge in [0.15, 0.2) is 0 Å². The van der Waals surface area contributed by atoms with Gasteiger partial charge in [0.05, 0.1) is 0 Å². The van der Waals surface area contributed by atoms with Crippen LogP contribution >= 0.6 is 0 Å². The van der Waals surface area contributed by atoms with Gasteiger partial charge in [0, 0.05) is 22.3 Å². The van der Waals surface area contributed by atoms with Gasteiger partial charge in [0.1, 0.15) is 0 Å². The molecule has 0 unspecified atom stereocenters. The number of carboxylic acids is 4.